The van der Waals surface area contributed by atoms with Gasteiger partial charge in [-0.3, -0.25) is 4.79 Å². The number of hydrogen-bond acceptors (Lipinski definition) is 3. The molecule has 0 bridgehead atoms. The third kappa shape index (κ3) is 1.72. The van der Waals surface area contributed by atoms with Crippen molar-refractivity contribution in [2.75, 3.05) is 5.88 Å². The SMILES string of the molecule is CC1=C(CCCl)[C@@H]2NC(=O)[C@]2([C@@H](O)C(C)C)S1. The van der Waals surface area contributed by atoms with Crippen molar-refractivity contribution in [1.29, 1.82) is 0 Å². The predicted octanol–water partition coefficient (Wildman–Crippen LogP) is 1.89. The zero-order valence-corrected chi connectivity index (χ0v) is 11.9. The number of alkyl halides is 1. The first-order chi connectivity index (χ1) is 7.95. The quantitative estimate of drug-likeness (QED) is 0.609. The summed E-state index contributed by atoms with van der Waals surface area (Å²) in [6, 6.07) is -0.0313. The van der Waals surface area contributed by atoms with Crippen LogP contribution in [-0.4, -0.2) is 33.8 Å². The van der Waals surface area contributed by atoms with Gasteiger partial charge in [-0.25, -0.2) is 0 Å². The number of halogens is 1. The first-order valence-corrected chi connectivity index (χ1v) is 7.24. The highest BCUT2D eigenvalue weighted by atomic mass is 35.5. The van der Waals surface area contributed by atoms with E-state index in [1.165, 1.54) is 17.3 Å². The van der Waals surface area contributed by atoms with Gasteiger partial charge < -0.3 is 10.4 Å². The van der Waals surface area contributed by atoms with Crippen LogP contribution < -0.4 is 5.32 Å². The van der Waals surface area contributed by atoms with E-state index in [-0.39, 0.29) is 17.9 Å². The molecule has 0 unspecified atom stereocenters. The summed E-state index contributed by atoms with van der Waals surface area (Å²) in [6.07, 6.45) is 0.159. The van der Waals surface area contributed by atoms with Crippen molar-refractivity contribution in [3.05, 3.63) is 10.5 Å². The molecule has 1 amide bonds. The molecule has 0 aromatic rings. The molecule has 2 aliphatic rings. The van der Waals surface area contributed by atoms with Crippen molar-refractivity contribution in [3.8, 4) is 0 Å². The minimum absolute atomic E-state index is 0.0313. The molecule has 0 radical (unpaired) electrons. The van der Waals surface area contributed by atoms with Crippen LogP contribution in [0.3, 0.4) is 0 Å². The van der Waals surface area contributed by atoms with Crippen molar-refractivity contribution in [2.45, 2.75) is 44.1 Å². The maximum atomic E-state index is 11.9. The minimum Gasteiger partial charge on any atom is -0.391 e. The van der Waals surface area contributed by atoms with Crippen LogP contribution in [-0.2, 0) is 4.79 Å². The second-order valence-corrected chi connectivity index (χ2v) is 6.88. The Kier molecular flexibility index (Phi) is 3.49. The predicted molar refractivity (Wildman–Crippen MR) is 71.1 cm³/mol. The monoisotopic (exact) mass is 275 g/mol. The molecule has 0 spiro atoms. The van der Waals surface area contributed by atoms with Crippen LogP contribution in [0.1, 0.15) is 27.2 Å². The zero-order valence-electron chi connectivity index (χ0n) is 10.3. The molecule has 0 aliphatic carbocycles. The number of hydrogen-bond donors (Lipinski definition) is 2. The number of fused-ring (bicyclic) bond motifs is 1. The fourth-order valence-corrected chi connectivity index (χ4v) is 4.59. The average molecular weight is 276 g/mol. The largest absolute Gasteiger partial charge is 0.391 e. The molecule has 0 aromatic heterocycles. The number of thioether (sulfide) groups is 1. The van der Waals surface area contributed by atoms with Gasteiger partial charge in [0.1, 0.15) is 4.75 Å². The third-order valence-electron chi connectivity index (χ3n) is 3.62. The molecule has 3 atom stereocenters. The molecule has 2 aliphatic heterocycles. The van der Waals surface area contributed by atoms with Gasteiger partial charge in [-0.15, -0.1) is 23.4 Å². The smallest absolute Gasteiger partial charge is 0.242 e. The standard InChI is InChI=1S/C12H18ClNO2S/c1-6(2)10(15)12-9(14-11(12)16)8(4-5-13)7(3)17-12/h6,9-10,15H,4-5H2,1-3H3,(H,14,16)/t9-,10-,12-/m0/s1. The lowest BCUT2D eigenvalue weighted by Gasteiger charge is -2.48. The van der Waals surface area contributed by atoms with Crippen LogP contribution in [0.15, 0.2) is 10.5 Å². The van der Waals surface area contributed by atoms with Gasteiger partial charge in [0.05, 0.1) is 12.1 Å². The Morgan fingerprint density at radius 1 is 1.59 bits per heavy atom. The van der Waals surface area contributed by atoms with Gasteiger partial charge in [0.2, 0.25) is 5.91 Å². The van der Waals surface area contributed by atoms with Crippen LogP contribution >= 0.6 is 23.4 Å². The molecule has 0 saturated carbocycles. The number of aliphatic hydroxyl groups is 1. The molecule has 1 saturated heterocycles. The fourth-order valence-electron chi connectivity index (χ4n) is 2.66. The maximum Gasteiger partial charge on any atom is 0.242 e. The highest BCUT2D eigenvalue weighted by Gasteiger charge is 2.65. The Bertz CT molecular complexity index is 383. The van der Waals surface area contributed by atoms with Crippen molar-refractivity contribution in [3.63, 3.8) is 0 Å². The third-order valence-corrected chi connectivity index (χ3v) is 5.37. The number of rotatable bonds is 4. The number of nitrogens with one attached hydrogen (secondary N) is 1. The van der Waals surface area contributed by atoms with Crippen molar-refractivity contribution < 1.29 is 9.90 Å². The first kappa shape index (κ1) is 13.2. The van der Waals surface area contributed by atoms with Gasteiger partial charge in [-0.05, 0) is 29.7 Å². The van der Waals surface area contributed by atoms with E-state index >= 15 is 0 Å². The van der Waals surface area contributed by atoms with Gasteiger partial charge in [0, 0.05) is 5.88 Å². The Hall–Kier alpha value is -0.190. The maximum absolute atomic E-state index is 11.9. The summed E-state index contributed by atoms with van der Waals surface area (Å²) >= 11 is 7.30. The van der Waals surface area contributed by atoms with Crippen LogP contribution in [0, 0.1) is 5.92 Å². The van der Waals surface area contributed by atoms with Crippen LogP contribution in [0.5, 0.6) is 0 Å². The van der Waals surface area contributed by atoms with Gasteiger partial charge in [0.25, 0.3) is 0 Å². The number of β-lactam (4-membered cyclic amide) rings is 1. The lowest BCUT2D eigenvalue weighted by molar-refractivity contribution is -0.137. The van der Waals surface area contributed by atoms with Gasteiger partial charge in [-0.2, -0.15) is 0 Å². The molecule has 5 heteroatoms. The Balaban J connectivity index is 2.29. The Labute approximate surface area is 111 Å². The normalized spacial score (nSPS) is 33.5. The fraction of sp³-hybridized carbons (Fsp3) is 0.750. The molecule has 17 heavy (non-hydrogen) atoms. The molecular weight excluding hydrogens is 258 g/mol. The molecule has 2 rings (SSSR count). The Morgan fingerprint density at radius 2 is 2.24 bits per heavy atom. The van der Waals surface area contributed by atoms with E-state index in [4.69, 9.17) is 11.6 Å². The molecule has 96 valence electrons. The van der Waals surface area contributed by atoms with Crippen LogP contribution in [0.25, 0.3) is 0 Å². The number of carbonyl (C=O) groups is 1. The summed E-state index contributed by atoms with van der Waals surface area (Å²) in [5, 5.41) is 13.3. The summed E-state index contributed by atoms with van der Waals surface area (Å²) in [7, 11) is 0. The Morgan fingerprint density at radius 3 is 2.71 bits per heavy atom. The second-order valence-electron chi connectivity index (χ2n) is 5.01. The highest BCUT2D eigenvalue weighted by molar-refractivity contribution is 8.05. The number of carbonyl (C=O) groups excluding carboxylic acids is 1. The van der Waals surface area contributed by atoms with E-state index in [1.54, 1.807) is 0 Å². The van der Waals surface area contributed by atoms with Gasteiger partial charge in [-0.1, -0.05) is 13.8 Å². The highest BCUT2D eigenvalue weighted by Crippen LogP contribution is 2.54. The summed E-state index contributed by atoms with van der Waals surface area (Å²) in [4.78, 5) is 13.1. The number of aliphatic hydroxyl groups excluding tert-OH is 1. The summed E-state index contributed by atoms with van der Waals surface area (Å²) in [5.41, 5.74) is 1.18. The first-order valence-electron chi connectivity index (χ1n) is 5.88. The molecule has 0 aromatic carbocycles. The van der Waals surface area contributed by atoms with E-state index in [2.05, 4.69) is 5.32 Å². The summed E-state index contributed by atoms with van der Waals surface area (Å²) < 4.78 is -0.695. The van der Waals surface area contributed by atoms with Crippen molar-refractivity contribution in [2.24, 2.45) is 5.92 Å². The molecule has 2 N–H and O–H groups in total. The van der Waals surface area contributed by atoms with Crippen LogP contribution in [0.4, 0.5) is 0 Å². The van der Waals surface area contributed by atoms with E-state index < -0.39 is 10.9 Å². The molecule has 1 fully saturated rings. The number of amides is 1. The molecule has 2 heterocycles. The topological polar surface area (TPSA) is 49.3 Å². The molecule has 3 nitrogen and oxygen atoms in total. The summed E-state index contributed by atoms with van der Waals surface area (Å²) in [5.74, 6) is 0.574. The zero-order chi connectivity index (χ0) is 12.8. The van der Waals surface area contributed by atoms with Crippen molar-refractivity contribution >= 4 is 29.3 Å². The summed E-state index contributed by atoms with van der Waals surface area (Å²) in [6.45, 7) is 5.89. The average Bonchev–Trinajstić information content (AvgIpc) is 2.49. The van der Waals surface area contributed by atoms with E-state index in [9.17, 15) is 9.90 Å². The van der Waals surface area contributed by atoms with Crippen LogP contribution in [0.2, 0.25) is 0 Å². The van der Waals surface area contributed by atoms with Gasteiger partial charge >= 0.3 is 0 Å². The van der Waals surface area contributed by atoms with E-state index in [0.29, 0.717) is 5.88 Å². The lowest BCUT2D eigenvalue weighted by atomic mass is 9.76. The second kappa shape index (κ2) is 4.48. The molecular formula is C12H18ClNO2S. The number of allylic oxidation sites excluding steroid dienone is 1. The minimum atomic E-state index is -0.695. The van der Waals surface area contributed by atoms with E-state index in [1.807, 2.05) is 20.8 Å². The lowest BCUT2D eigenvalue weighted by Crippen LogP contribution is -2.74. The van der Waals surface area contributed by atoms with E-state index in [0.717, 1.165) is 11.3 Å². The van der Waals surface area contributed by atoms with Gasteiger partial charge in [0.15, 0.2) is 0 Å². The van der Waals surface area contributed by atoms with Crippen molar-refractivity contribution in [1.82, 2.24) is 5.32 Å².